The number of nitrogens with one attached hydrogen (secondary N) is 2. The number of sulfonamides is 1. The molecule has 2 atom stereocenters. The van der Waals surface area contributed by atoms with E-state index in [0.29, 0.717) is 47.3 Å². The van der Waals surface area contributed by atoms with Crippen LogP contribution in [0.15, 0.2) is 41.3 Å². The first-order valence-corrected chi connectivity index (χ1v) is 12.3. The van der Waals surface area contributed by atoms with Gasteiger partial charge in [0.2, 0.25) is 15.9 Å². The quantitative estimate of drug-likeness (QED) is 0.661. The number of benzene rings is 2. The van der Waals surface area contributed by atoms with Gasteiger partial charge in [0.25, 0.3) is 5.91 Å². The van der Waals surface area contributed by atoms with Crippen molar-refractivity contribution >= 4 is 44.8 Å². The lowest BCUT2D eigenvalue weighted by Gasteiger charge is -2.31. The zero-order valence-electron chi connectivity index (χ0n) is 18.1. The lowest BCUT2D eigenvalue weighted by Crippen LogP contribution is -2.43. The normalized spacial score (nSPS) is 20.9. The summed E-state index contributed by atoms with van der Waals surface area (Å²) in [4.78, 5) is 24.7. The van der Waals surface area contributed by atoms with Crippen LogP contribution in [-0.2, 0) is 19.6 Å². The maximum Gasteiger partial charge on any atom is 0.265 e. The van der Waals surface area contributed by atoms with Crippen molar-refractivity contribution in [2.45, 2.75) is 30.8 Å². The molecule has 11 heteroatoms. The summed E-state index contributed by atoms with van der Waals surface area (Å²) in [6.07, 6.45) is 0.457. The van der Waals surface area contributed by atoms with Gasteiger partial charge in [-0.2, -0.15) is 4.31 Å². The third-order valence-corrected chi connectivity index (χ3v) is 7.85. The summed E-state index contributed by atoms with van der Waals surface area (Å²) in [5.41, 5.74) is 0.812. The van der Waals surface area contributed by atoms with Gasteiger partial charge >= 0.3 is 0 Å². The molecule has 2 heterocycles. The second-order valence-electron chi connectivity index (χ2n) is 7.95. The molecular weight excluding hydrogens is 470 g/mol. The van der Waals surface area contributed by atoms with Gasteiger partial charge < -0.3 is 20.1 Å². The minimum atomic E-state index is -3.87. The Morgan fingerprint density at radius 3 is 2.79 bits per heavy atom. The first-order chi connectivity index (χ1) is 15.7. The number of rotatable bonds is 5. The summed E-state index contributed by atoms with van der Waals surface area (Å²) in [5, 5.41) is 5.82. The molecular formula is C22H24ClN3O6S. The molecule has 0 radical (unpaired) electrons. The van der Waals surface area contributed by atoms with E-state index in [4.69, 9.17) is 21.1 Å². The molecule has 2 aliphatic heterocycles. The van der Waals surface area contributed by atoms with E-state index in [2.05, 4.69) is 10.6 Å². The molecule has 2 aromatic rings. The van der Waals surface area contributed by atoms with Gasteiger partial charge in [0.15, 0.2) is 6.10 Å². The molecule has 176 valence electrons. The second-order valence-corrected chi connectivity index (χ2v) is 10.3. The largest absolute Gasteiger partial charge is 0.495 e. The Balaban J connectivity index is 1.48. The van der Waals surface area contributed by atoms with Gasteiger partial charge in [0, 0.05) is 18.8 Å². The molecule has 0 aliphatic carbocycles. The SMILES string of the molecule is COc1ccc(NC(=O)C2CCCN(S(=O)(=O)c3ccc4c(c3)NC(=O)C(C)O4)C2)cc1Cl. The highest BCUT2D eigenvalue weighted by Crippen LogP contribution is 2.34. The van der Waals surface area contributed by atoms with Crippen molar-refractivity contribution in [3.05, 3.63) is 41.4 Å². The Morgan fingerprint density at radius 1 is 1.27 bits per heavy atom. The van der Waals surface area contributed by atoms with Crippen molar-refractivity contribution in [2.24, 2.45) is 5.92 Å². The number of halogens is 1. The van der Waals surface area contributed by atoms with Gasteiger partial charge in [0.1, 0.15) is 11.5 Å². The number of methoxy groups -OCH3 is 1. The summed E-state index contributed by atoms with van der Waals surface area (Å²) >= 11 is 6.12. The molecule has 9 nitrogen and oxygen atoms in total. The zero-order chi connectivity index (χ0) is 23.8. The van der Waals surface area contributed by atoms with Gasteiger partial charge in [-0.05, 0) is 56.2 Å². The number of ether oxygens (including phenoxy) is 2. The molecule has 0 spiro atoms. The van der Waals surface area contributed by atoms with Gasteiger partial charge in [0.05, 0.1) is 28.6 Å². The topological polar surface area (TPSA) is 114 Å². The number of fused-ring (bicyclic) bond motifs is 1. The average Bonchev–Trinajstić information content (AvgIpc) is 2.79. The van der Waals surface area contributed by atoms with Gasteiger partial charge in [-0.1, -0.05) is 11.6 Å². The van der Waals surface area contributed by atoms with E-state index in [1.54, 1.807) is 25.1 Å². The van der Waals surface area contributed by atoms with E-state index in [-0.39, 0.29) is 23.3 Å². The molecule has 33 heavy (non-hydrogen) atoms. The predicted octanol–water partition coefficient (Wildman–Crippen LogP) is 3.11. The Hall–Kier alpha value is -2.82. The molecule has 0 bridgehead atoms. The zero-order valence-corrected chi connectivity index (χ0v) is 19.7. The molecule has 2 amide bonds. The van der Waals surface area contributed by atoms with E-state index in [9.17, 15) is 18.0 Å². The lowest BCUT2D eigenvalue weighted by molar-refractivity contribution is -0.123. The van der Waals surface area contributed by atoms with E-state index >= 15 is 0 Å². The number of amides is 2. The van der Waals surface area contributed by atoms with Crippen molar-refractivity contribution < 1.29 is 27.5 Å². The number of nitrogens with zero attached hydrogens (tertiary/aromatic N) is 1. The summed E-state index contributed by atoms with van der Waals surface area (Å²) in [5.74, 6) is -0.238. The summed E-state index contributed by atoms with van der Waals surface area (Å²) in [7, 11) is -2.37. The Labute approximate surface area is 197 Å². The van der Waals surface area contributed by atoms with Crippen molar-refractivity contribution in [2.75, 3.05) is 30.8 Å². The molecule has 2 aromatic carbocycles. The number of carbonyl (C=O) groups is 2. The van der Waals surface area contributed by atoms with Crippen LogP contribution in [0.1, 0.15) is 19.8 Å². The molecule has 0 saturated carbocycles. The molecule has 0 aromatic heterocycles. The molecule has 2 N–H and O–H groups in total. The Kier molecular flexibility index (Phi) is 6.51. The van der Waals surface area contributed by atoms with Gasteiger partial charge in [-0.3, -0.25) is 9.59 Å². The van der Waals surface area contributed by atoms with Crippen LogP contribution >= 0.6 is 11.6 Å². The molecule has 2 aliphatic rings. The molecule has 1 fully saturated rings. The van der Waals surface area contributed by atoms with Crippen LogP contribution < -0.4 is 20.1 Å². The van der Waals surface area contributed by atoms with Gasteiger partial charge in [-0.15, -0.1) is 0 Å². The van der Waals surface area contributed by atoms with Crippen molar-refractivity contribution in [3.63, 3.8) is 0 Å². The predicted molar refractivity (Wildman–Crippen MR) is 123 cm³/mol. The first kappa shape index (κ1) is 23.3. The van der Waals surface area contributed by atoms with Crippen LogP contribution in [0.2, 0.25) is 5.02 Å². The van der Waals surface area contributed by atoms with Crippen molar-refractivity contribution in [1.82, 2.24) is 4.31 Å². The minimum Gasteiger partial charge on any atom is -0.495 e. The highest BCUT2D eigenvalue weighted by molar-refractivity contribution is 7.89. The number of anilines is 2. The monoisotopic (exact) mass is 493 g/mol. The summed E-state index contributed by atoms with van der Waals surface area (Å²) < 4.78 is 38.4. The Morgan fingerprint density at radius 2 is 2.06 bits per heavy atom. The van der Waals surface area contributed by atoms with E-state index in [1.165, 1.54) is 29.6 Å². The number of hydrogen-bond donors (Lipinski definition) is 2. The third kappa shape index (κ3) is 4.78. The minimum absolute atomic E-state index is 0.0303. The number of carbonyl (C=O) groups excluding carboxylic acids is 2. The van der Waals surface area contributed by atoms with Crippen LogP contribution in [0.4, 0.5) is 11.4 Å². The number of hydrogen-bond acceptors (Lipinski definition) is 6. The maximum atomic E-state index is 13.3. The second kappa shape index (κ2) is 9.20. The van der Waals surface area contributed by atoms with E-state index in [1.807, 2.05) is 0 Å². The smallest absolute Gasteiger partial charge is 0.265 e. The highest BCUT2D eigenvalue weighted by atomic mass is 35.5. The molecule has 2 unspecified atom stereocenters. The van der Waals surface area contributed by atoms with Crippen LogP contribution in [0.25, 0.3) is 0 Å². The average molecular weight is 494 g/mol. The fourth-order valence-corrected chi connectivity index (χ4v) is 5.67. The van der Waals surface area contributed by atoms with Crippen LogP contribution in [0.5, 0.6) is 11.5 Å². The maximum absolute atomic E-state index is 13.3. The van der Waals surface area contributed by atoms with E-state index < -0.39 is 22.0 Å². The van der Waals surface area contributed by atoms with Crippen LogP contribution in [-0.4, -0.2) is 50.8 Å². The fraction of sp³-hybridized carbons (Fsp3) is 0.364. The van der Waals surface area contributed by atoms with E-state index in [0.717, 1.165) is 0 Å². The van der Waals surface area contributed by atoms with Crippen molar-refractivity contribution in [1.29, 1.82) is 0 Å². The van der Waals surface area contributed by atoms with Gasteiger partial charge in [-0.25, -0.2) is 8.42 Å². The lowest BCUT2D eigenvalue weighted by atomic mass is 9.98. The van der Waals surface area contributed by atoms with Crippen LogP contribution in [0.3, 0.4) is 0 Å². The summed E-state index contributed by atoms with van der Waals surface area (Å²) in [6.45, 7) is 1.97. The first-order valence-electron chi connectivity index (χ1n) is 10.4. The molecule has 4 rings (SSSR count). The standard InChI is InChI=1S/C22H24ClN3O6S/c1-13-21(27)25-18-11-16(6-8-20(18)32-13)33(29,30)26-9-3-4-14(12-26)22(28)24-15-5-7-19(31-2)17(23)10-15/h5-8,10-11,13-14H,3-4,9,12H2,1-2H3,(H,24,28)(H,25,27). The number of piperidine rings is 1. The van der Waals surface area contributed by atoms with Crippen LogP contribution in [0, 0.1) is 5.92 Å². The fourth-order valence-electron chi connectivity index (χ4n) is 3.86. The summed E-state index contributed by atoms with van der Waals surface area (Å²) in [6, 6.07) is 9.26. The Bertz CT molecular complexity index is 1200. The molecule has 1 saturated heterocycles. The van der Waals surface area contributed by atoms with Crippen molar-refractivity contribution in [3.8, 4) is 11.5 Å². The highest BCUT2D eigenvalue weighted by Gasteiger charge is 2.34. The third-order valence-electron chi connectivity index (χ3n) is 5.69.